The van der Waals surface area contributed by atoms with Gasteiger partial charge in [0, 0.05) is 38.0 Å². The number of amides is 1. The van der Waals surface area contributed by atoms with E-state index in [2.05, 4.69) is 56.0 Å². The molecule has 1 amide bonds. The Hall–Kier alpha value is -2.97. The van der Waals surface area contributed by atoms with Crippen LogP contribution in [0.4, 0.5) is 9.18 Å². The molecule has 2 N–H and O–H groups in total. The van der Waals surface area contributed by atoms with Crippen molar-refractivity contribution < 1.29 is 18.7 Å². The highest BCUT2D eigenvalue weighted by molar-refractivity contribution is 5.75. The van der Waals surface area contributed by atoms with Crippen LogP contribution in [0.25, 0.3) is 11.0 Å². The van der Waals surface area contributed by atoms with Crippen LogP contribution in [0.2, 0.25) is 0 Å². The van der Waals surface area contributed by atoms with Gasteiger partial charge >= 0.3 is 6.09 Å². The molecular formula is C32H45FN4O3. The molecule has 7 nitrogen and oxygen atoms in total. The first-order chi connectivity index (χ1) is 19.0. The van der Waals surface area contributed by atoms with Crippen LogP contribution in [0, 0.1) is 11.7 Å². The summed E-state index contributed by atoms with van der Waals surface area (Å²) in [5, 5.41) is 2.84. The summed E-state index contributed by atoms with van der Waals surface area (Å²) in [7, 11) is 3.73. The van der Waals surface area contributed by atoms with E-state index in [1.807, 2.05) is 24.3 Å². The van der Waals surface area contributed by atoms with E-state index >= 15 is 0 Å². The summed E-state index contributed by atoms with van der Waals surface area (Å²) >= 11 is 0. The molecule has 0 aliphatic heterocycles. The molecule has 0 fully saturated rings. The second-order valence-electron chi connectivity index (χ2n) is 12.2. The highest BCUT2D eigenvalue weighted by atomic mass is 19.1. The predicted molar refractivity (Wildman–Crippen MR) is 157 cm³/mol. The molecule has 2 aromatic carbocycles. The lowest BCUT2D eigenvalue weighted by Crippen LogP contribution is -2.50. The third-order valence-corrected chi connectivity index (χ3v) is 8.43. The minimum Gasteiger partial charge on any atom is -0.442 e. The van der Waals surface area contributed by atoms with Gasteiger partial charge in [0.1, 0.15) is 17.2 Å². The van der Waals surface area contributed by atoms with Crippen LogP contribution in [-0.2, 0) is 21.3 Å². The second-order valence-corrected chi connectivity index (χ2v) is 12.2. The predicted octanol–water partition coefficient (Wildman–Crippen LogP) is 6.19. The van der Waals surface area contributed by atoms with Gasteiger partial charge in [-0.3, -0.25) is 0 Å². The van der Waals surface area contributed by atoms with E-state index in [1.54, 1.807) is 13.2 Å². The number of H-pyrrole nitrogens is 1. The number of ether oxygens (including phenoxy) is 2. The summed E-state index contributed by atoms with van der Waals surface area (Å²) in [4.78, 5) is 23.6. The van der Waals surface area contributed by atoms with Gasteiger partial charge < -0.3 is 24.7 Å². The number of methoxy groups -OCH3 is 1. The van der Waals surface area contributed by atoms with Crippen LogP contribution >= 0.6 is 0 Å². The van der Waals surface area contributed by atoms with Crippen molar-refractivity contribution in [3.63, 3.8) is 0 Å². The summed E-state index contributed by atoms with van der Waals surface area (Å²) in [6.07, 6.45) is 2.50. The quantitative estimate of drug-likeness (QED) is 0.262. The molecule has 1 aliphatic rings. The number of alkyl carbamates (subject to hydrolysis) is 1. The summed E-state index contributed by atoms with van der Waals surface area (Å²) in [5.41, 5.74) is 3.31. The van der Waals surface area contributed by atoms with Gasteiger partial charge in [0.05, 0.1) is 17.6 Å². The number of carbonyl (C=O) groups is 1. The molecule has 0 saturated heterocycles. The van der Waals surface area contributed by atoms with Crippen LogP contribution in [-0.4, -0.2) is 67.0 Å². The fourth-order valence-corrected chi connectivity index (χ4v) is 6.12. The number of aromatic nitrogens is 2. The number of hydrogen-bond donors (Lipinski definition) is 2. The van der Waals surface area contributed by atoms with Gasteiger partial charge in [0.2, 0.25) is 0 Å². The zero-order chi connectivity index (χ0) is 28.9. The Morgan fingerprint density at radius 2 is 2.02 bits per heavy atom. The smallest absolute Gasteiger partial charge is 0.407 e. The third-order valence-electron chi connectivity index (χ3n) is 8.43. The molecule has 3 aromatic rings. The number of para-hydroxylation sites is 2. The van der Waals surface area contributed by atoms with Gasteiger partial charge in [-0.25, -0.2) is 14.2 Å². The topological polar surface area (TPSA) is 79.5 Å². The van der Waals surface area contributed by atoms with Crippen molar-refractivity contribution in [2.24, 2.45) is 5.92 Å². The van der Waals surface area contributed by atoms with E-state index in [4.69, 9.17) is 14.5 Å². The lowest BCUT2D eigenvalue weighted by molar-refractivity contribution is -0.0447. The molecule has 218 valence electrons. The van der Waals surface area contributed by atoms with Crippen molar-refractivity contribution in [2.75, 3.05) is 40.4 Å². The first kappa shape index (κ1) is 30.0. The highest BCUT2D eigenvalue weighted by Gasteiger charge is 2.48. The van der Waals surface area contributed by atoms with E-state index in [0.717, 1.165) is 47.5 Å². The minimum absolute atomic E-state index is 0.0367. The van der Waals surface area contributed by atoms with Gasteiger partial charge in [0.25, 0.3) is 0 Å². The lowest BCUT2D eigenvalue weighted by atomic mass is 9.65. The number of imidazole rings is 1. The standard InChI is InChI=1S/C32H45FN4O3/c1-22(2)28-25-12-11-24(33)21-23(25)13-14-32(28,40-30(38)34-17-20-39-6)16-19-37(5)18-15-31(3,4)29-35-26-9-7-8-10-27(26)36-29/h7-12,21-22,28H,13-20H2,1-6H3,(H,34,38)(H,35,36)/t28?,32-/m0/s1. The normalized spacial score (nSPS) is 19.3. The third kappa shape index (κ3) is 6.84. The Morgan fingerprint density at radius 3 is 2.75 bits per heavy atom. The molecule has 1 aromatic heterocycles. The van der Waals surface area contributed by atoms with E-state index in [1.165, 1.54) is 6.07 Å². The van der Waals surface area contributed by atoms with Crippen molar-refractivity contribution in [2.45, 2.75) is 70.3 Å². The number of nitrogens with one attached hydrogen (secondary N) is 2. The van der Waals surface area contributed by atoms with Crippen LogP contribution < -0.4 is 5.32 Å². The fourth-order valence-electron chi connectivity index (χ4n) is 6.12. The molecule has 0 saturated carbocycles. The molecule has 1 unspecified atom stereocenters. The van der Waals surface area contributed by atoms with Gasteiger partial charge in [-0.1, -0.05) is 45.9 Å². The molecular weight excluding hydrogens is 507 g/mol. The maximum atomic E-state index is 14.1. The molecule has 0 bridgehead atoms. The highest BCUT2D eigenvalue weighted by Crippen LogP contribution is 2.48. The van der Waals surface area contributed by atoms with E-state index in [9.17, 15) is 9.18 Å². The number of halogens is 1. The van der Waals surface area contributed by atoms with E-state index < -0.39 is 11.7 Å². The van der Waals surface area contributed by atoms with Crippen molar-refractivity contribution in [1.29, 1.82) is 0 Å². The lowest BCUT2D eigenvalue weighted by Gasteiger charge is -2.47. The van der Waals surface area contributed by atoms with Crippen molar-refractivity contribution in [1.82, 2.24) is 20.2 Å². The van der Waals surface area contributed by atoms with Gasteiger partial charge in [-0.2, -0.15) is 0 Å². The van der Waals surface area contributed by atoms with Crippen LogP contribution in [0.15, 0.2) is 42.5 Å². The number of hydrogen-bond acceptors (Lipinski definition) is 5. The van der Waals surface area contributed by atoms with Crippen molar-refractivity contribution >= 4 is 17.1 Å². The molecule has 2 atom stereocenters. The average Bonchev–Trinajstić information content (AvgIpc) is 3.36. The second kappa shape index (κ2) is 12.7. The number of benzene rings is 2. The molecule has 8 heteroatoms. The first-order valence-corrected chi connectivity index (χ1v) is 14.4. The molecule has 4 rings (SSSR count). The number of aromatic amines is 1. The van der Waals surface area contributed by atoms with Crippen LogP contribution in [0.1, 0.15) is 69.8 Å². The van der Waals surface area contributed by atoms with Crippen molar-refractivity contribution in [3.8, 4) is 0 Å². The first-order valence-electron chi connectivity index (χ1n) is 14.4. The Labute approximate surface area is 237 Å². The van der Waals surface area contributed by atoms with E-state index in [0.29, 0.717) is 32.4 Å². The largest absolute Gasteiger partial charge is 0.442 e. The monoisotopic (exact) mass is 552 g/mol. The molecule has 0 radical (unpaired) electrons. The zero-order valence-corrected chi connectivity index (χ0v) is 24.9. The number of aryl methyl sites for hydroxylation is 1. The van der Waals surface area contributed by atoms with E-state index in [-0.39, 0.29) is 23.1 Å². The number of rotatable bonds is 12. The minimum atomic E-state index is -0.696. The molecule has 0 spiro atoms. The maximum absolute atomic E-state index is 14.1. The number of carbonyl (C=O) groups excluding carboxylic acids is 1. The maximum Gasteiger partial charge on any atom is 0.407 e. The average molecular weight is 553 g/mol. The summed E-state index contributed by atoms with van der Waals surface area (Å²) in [6.45, 7) is 11.2. The fraction of sp³-hybridized carbons (Fsp3) is 0.562. The van der Waals surface area contributed by atoms with Gasteiger partial charge in [-0.05, 0) is 74.2 Å². The number of fused-ring (bicyclic) bond motifs is 2. The molecule has 40 heavy (non-hydrogen) atoms. The van der Waals surface area contributed by atoms with Crippen LogP contribution in [0.3, 0.4) is 0 Å². The summed E-state index contributed by atoms with van der Waals surface area (Å²) in [5.74, 6) is 0.934. The molecule has 1 heterocycles. The Kier molecular flexibility index (Phi) is 9.52. The van der Waals surface area contributed by atoms with Gasteiger partial charge in [-0.15, -0.1) is 0 Å². The summed E-state index contributed by atoms with van der Waals surface area (Å²) in [6, 6.07) is 13.2. The SMILES string of the molecule is COCCNC(=O)O[C@]1(CCN(C)CCC(C)(C)c2nc3ccccc3[nH]2)CCc2cc(F)ccc2C1C(C)C. The van der Waals surface area contributed by atoms with Gasteiger partial charge in [0.15, 0.2) is 0 Å². The Balaban J connectivity index is 1.49. The van der Waals surface area contributed by atoms with Crippen LogP contribution in [0.5, 0.6) is 0 Å². The zero-order valence-electron chi connectivity index (χ0n) is 24.9. The Morgan fingerprint density at radius 1 is 1.25 bits per heavy atom. The molecule has 1 aliphatic carbocycles. The number of nitrogens with zero attached hydrogens (tertiary/aromatic N) is 2. The summed E-state index contributed by atoms with van der Waals surface area (Å²) < 4.78 is 25.5. The van der Waals surface area contributed by atoms with Crippen molar-refractivity contribution in [3.05, 3.63) is 65.2 Å². The Bertz CT molecular complexity index is 1260.